The Hall–Kier alpha value is -3.23. The molecule has 0 saturated heterocycles. The molecular weight excluding hydrogens is 509 g/mol. The van der Waals surface area contributed by atoms with Crippen LogP contribution in [0.4, 0.5) is 18.3 Å². The molecule has 0 radical (unpaired) electrons. The largest absolute Gasteiger partial charge is 0.416 e. The van der Waals surface area contributed by atoms with Gasteiger partial charge in [-0.2, -0.15) is 13.2 Å². The molecule has 1 aromatic carbocycles. The molecule has 8 nitrogen and oxygen atoms in total. The fourth-order valence-corrected chi connectivity index (χ4v) is 4.77. The van der Waals surface area contributed by atoms with Crippen LogP contribution in [0.15, 0.2) is 58.5 Å². The number of aromatic nitrogens is 4. The van der Waals surface area contributed by atoms with Gasteiger partial charge in [0.1, 0.15) is 0 Å². The van der Waals surface area contributed by atoms with E-state index in [0.29, 0.717) is 10.0 Å². The van der Waals surface area contributed by atoms with Gasteiger partial charge in [0, 0.05) is 11.6 Å². The molecule has 3 aromatic heterocycles. The number of halogens is 3. The zero-order valence-corrected chi connectivity index (χ0v) is 19.5. The van der Waals surface area contributed by atoms with Crippen LogP contribution in [-0.4, -0.2) is 37.3 Å². The van der Waals surface area contributed by atoms with Crippen LogP contribution in [0.3, 0.4) is 0 Å². The van der Waals surface area contributed by atoms with Crippen LogP contribution in [0.25, 0.3) is 5.69 Å². The summed E-state index contributed by atoms with van der Waals surface area (Å²) in [5, 5.41) is 17.5. The second kappa shape index (κ2) is 10.4. The summed E-state index contributed by atoms with van der Waals surface area (Å²) in [6.45, 7) is -0.0775. The average Bonchev–Trinajstić information content (AvgIpc) is 3.58. The Morgan fingerprint density at radius 3 is 2.65 bits per heavy atom. The van der Waals surface area contributed by atoms with Gasteiger partial charge in [-0.1, -0.05) is 23.9 Å². The molecule has 0 aliphatic heterocycles. The molecule has 4 rings (SSSR count). The van der Waals surface area contributed by atoms with E-state index in [9.17, 15) is 22.8 Å². The lowest BCUT2D eigenvalue weighted by molar-refractivity contribution is -0.137. The van der Waals surface area contributed by atoms with Crippen LogP contribution < -0.4 is 10.6 Å². The molecule has 0 saturated carbocycles. The maximum Gasteiger partial charge on any atom is 0.416 e. The van der Waals surface area contributed by atoms with Gasteiger partial charge in [-0.15, -0.1) is 32.9 Å². The predicted octanol–water partition coefficient (Wildman–Crippen LogP) is 4.46. The normalized spacial score (nSPS) is 11.4. The summed E-state index contributed by atoms with van der Waals surface area (Å²) in [6.07, 6.45) is -2.99. The minimum absolute atomic E-state index is 0.0712. The van der Waals surface area contributed by atoms with E-state index in [1.54, 1.807) is 29.1 Å². The highest BCUT2D eigenvalue weighted by atomic mass is 32.2. The molecule has 3 heterocycles. The van der Waals surface area contributed by atoms with E-state index in [1.165, 1.54) is 39.4 Å². The third kappa shape index (κ3) is 5.81. The van der Waals surface area contributed by atoms with Gasteiger partial charge in [-0.05, 0) is 29.6 Å². The Bertz CT molecular complexity index is 1270. The molecule has 0 bridgehead atoms. The first kappa shape index (κ1) is 23.9. The van der Waals surface area contributed by atoms with Gasteiger partial charge in [0.25, 0.3) is 5.91 Å². The van der Waals surface area contributed by atoms with Crippen molar-refractivity contribution in [2.24, 2.45) is 0 Å². The van der Waals surface area contributed by atoms with Crippen molar-refractivity contribution in [3.63, 3.8) is 0 Å². The Balaban J connectivity index is 1.58. The van der Waals surface area contributed by atoms with Crippen LogP contribution >= 0.6 is 34.4 Å². The summed E-state index contributed by atoms with van der Waals surface area (Å²) in [7, 11) is 0. The molecular formula is C20H15F3N6O2S3. The third-order valence-corrected chi connectivity index (χ3v) is 6.78. The number of anilines is 1. The second-order valence-electron chi connectivity index (χ2n) is 6.62. The molecule has 34 heavy (non-hydrogen) atoms. The van der Waals surface area contributed by atoms with Crippen LogP contribution in [0, 0.1) is 0 Å². The van der Waals surface area contributed by atoms with E-state index in [0.717, 1.165) is 23.9 Å². The van der Waals surface area contributed by atoms with Crippen LogP contribution in [0.1, 0.15) is 21.1 Å². The number of thiophene rings is 1. The Labute approximate surface area is 203 Å². The molecule has 0 fully saturated rings. The van der Waals surface area contributed by atoms with E-state index < -0.39 is 11.7 Å². The van der Waals surface area contributed by atoms with Crippen LogP contribution in [-0.2, 0) is 17.5 Å². The van der Waals surface area contributed by atoms with E-state index in [2.05, 4.69) is 25.8 Å². The Morgan fingerprint density at radius 1 is 1.09 bits per heavy atom. The highest BCUT2D eigenvalue weighted by Crippen LogP contribution is 2.31. The van der Waals surface area contributed by atoms with Crippen molar-refractivity contribution in [1.82, 2.24) is 25.1 Å². The summed E-state index contributed by atoms with van der Waals surface area (Å²) < 4.78 is 41.3. The number of rotatable bonds is 8. The zero-order chi connectivity index (χ0) is 24.1. The van der Waals surface area contributed by atoms with Crippen molar-refractivity contribution in [2.75, 3.05) is 11.1 Å². The summed E-state index contributed by atoms with van der Waals surface area (Å²) >= 11 is 3.51. The van der Waals surface area contributed by atoms with Gasteiger partial charge in [-0.3, -0.25) is 14.2 Å². The molecule has 0 aliphatic carbocycles. The van der Waals surface area contributed by atoms with Crippen LogP contribution in [0.2, 0.25) is 0 Å². The summed E-state index contributed by atoms with van der Waals surface area (Å²) in [5.41, 5.74) is -0.687. The summed E-state index contributed by atoms with van der Waals surface area (Å²) in [4.78, 5) is 29.0. The quantitative estimate of drug-likeness (QED) is 0.330. The van der Waals surface area contributed by atoms with E-state index >= 15 is 0 Å². The fraction of sp³-hybridized carbons (Fsp3) is 0.150. The smallest absolute Gasteiger partial charge is 0.344 e. The van der Waals surface area contributed by atoms with Crippen molar-refractivity contribution in [1.29, 1.82) is 0 Å². The molecule has 0 atom stereocenters. The average molecular weight is 525 g/mol. The molecule has 0 spiro atoms. The molecule has 14 heteroatoms. The highest BCUT2D eigenvalue weighted by Gasteiger charge is 2.31. The molecule has 0 unspecified atom stereocenters. The number of nitrogens with zero attached hydrogens (tertiary/aromatic N) is 4. The van der Waals surface area contributed by atoms with Crippen molar-refractivity contribution < 1.29 is 22.8 Å². The first-order valence-electron chi connectivity index (χ1n) is 9.57. The zero-order valence-electron chi connectivity index (χ0n) is 17.1. The second-order valence-corrected chi connectivity index (χ2v) is 9.40. The van der Waals surface area contributed by atoms with Crippen LogP contribution in [0.5, 0.6) is 0 Å². The fourth-order valence-electron chi connectivity index (χ4n) is 2.81. The van der Waals surface area contributed by atoms with Gasteiger partial charge in [0.2, 0.25) is 5.91 Å². The van der Waals surface area contributed by atoms with Gasteiger partial charge in [0.05, 0.1) is 28.4 Å². The van der Waals surface area contributed by atoms with Gasteiger partial charge in [-0.25, -0.2) is 4.98 Å². The summed E-state index contributed by atoms with van der Waals surface area (Å²) in [6, 6.07) is 8.06. The number of hydrogen-bond donors (Lipinski definition) is 2. The Morgan fingerprint density at radius 2 is 1.94 bits per heavy atom. The van der Waals surface area contributed by atoms with E-state index in [4.69, 9.17) is 0 Å². The number of amides is 2. The first-order valence-corrected chi connectivity index (χ1v) is 12.3. The number of carbonyl (C=O) groups is 2. The monoisotopic (exact) mass is 524 g/mol. The number of benzene rings is 1. The maximum atomic E-state index is 13.3. The SMILES string of the molecule is O=C(CSc1nnc(CNC(=O)c2cccs2)n1-c1cccc(C(F)(F)F)c1)Nc1nccs1. The number of nitrogens with one attached hydrogen (secondary N) is 2. The molecule has 0 aliphatic rings. The topological polar surface area (TPSA) is 102 Å². The number of thiazole rings is 1. The number of thioether (sulfide) groups is 1. The molecule has 176 valence electrons. The maximum absolute atomic E-state index is 13.3. The lowest BCUT2D eigenvalue weighted by Crippen LogP contribution is -2.24. The Kier molecular flexibility index (Phi) is 7.29. The minimum Gasteiger partial charge on any atom is -0.344 e. The molecule has 2 N–H and O–H groups in total. The molecule has 4 aromatic rings. The predicted molar refractivity (Wildman–Crippen MR) is 123 cm³/mol. The van der Waals surface area contributed by atoms with Crippen molar-refractivity contribution in [3.8, 4) is 5.69 Å². The molecule has 2 amide bonds. The van der Waals surface area contributed by atoms with Crippen molar-refractivity contribution in [2.45, 2.75) is 17.9 Å². The van der Waals surface area contributed by atoms with Crippen molar-refractivity contribution >= 4 is 51.4 Å². The summed E-state index contributed by atoms with van der Waals surface area (Å²) in [5.74, 6) is -0.554. The number of alkyl halides is 3. The number of carbonyl (C=O) groups excluding carboxylic acids is 2. The lowest BCUT2D eigenvalue weighted by Gasteiger charge is -2.13. The van der Waals surface area contributed by atoms with Gasteiger partial charge < -0.3 is 10.6 Å². The van der Waals surface area contributed by atoms with E-state index in [-0.39, 0.29) is 40.8 Å². The third-order valence-electron chi connectivity index (χ3n) is 4.30. The van der Waals surface area contributed by atoms with Gasteiger partial charge in [0.15, 0.2) is 16.1 Å². The van der Waals surface area contributed by atoms with Gasteiger partial charge >= 0.3 is 6.18 Å². The van der Waals surface area contributed by atoms with Crippen molar-refractivity contribution in [3.05, 3.63) is 69.6 Å². The lowest BCUT2D eigenvalue weighted by atomic mass is 10.2. The number of hydrogen-bond acceptors (Lipinski definition) is 8. The minimum atomic E-state index is -4.54. The first-order chi connectivity index (χ1) is 16.3. The highest BCUT2D eigenvalue weighted by molar-refractivity contribution is 7.99. The standard InChI is InChI=1S/C20H15F3N6O2S3/c21-20(22,23)12-3-1-4-13(9-12)29-15(10-25-17(31)14-5-2-7-32-14)27-28-19(29)34-11-16(30)26-18-24-6-8-33-18/h1-9H,10-11H2,(H,25,31)(H,24,26,30). The van der Waals surface area contributed by atoms with E-state index in [1.807, 2.05) is 0 Å².